The zero-order valence-corrected chi connectivity index (χ0v) is 12.6. The summed E-state index contributed by atoms with van der Waals surface area (Å²) in [6.45, 7) is 2.93. The predicted octanol–water partition coefficient (Wildman–Crippen LogP) is 3.47. The number of Topliss-reactive ketones (excluding diaryl/α,β-unsaturated/α-hetero) is 1. The molecule has 0 atom stereocenters. The number of halogens is 1. The van der Waals surface area contributed by atoms with Crippen molar-refractivity contribution in [2.24, 2.45) is 0 Å². The van der Waals surface area contributed by atoms with Crippen LogP contribution < -0.4 is 5.32 Å². The van der Waals surface area contributed by atoms with Crippen molar-refractivity contribution in [3.63, 3.8) is 0 Å². The Balaban J connectivity index is 1.86. The van der Waals surface area contributed by atoms with Crippen LogP contribution >= 0.6 is 23.1 Å². The van der Waals surface area contributed by atoms with Gasteiger partial charge >= 0.3 is 0 Å². The first kappa shape index (κ1) is 14.9. The Morgan fingerprint density at radius 3 is 2.80 bits per heavy atom. The molecule has 0 spiro atoms. The molecule has 2 rings (SSSR count). The minimum Gasteiger partial charge on any atom is -0.360 e. The van der Waals surface area contributed by atoms with Crippen molar-refractivity contribution in [3.05, 3.63) is 35.6 Å². The molecule has 0 aliphatic rings. The van der Waals surface area contributed by atoms with E-state index in [0.29, 0.717) is 5.56 Å². The fraction of sp³-hybridized carbons (Fsp3) is 0.308. The van der Waals surface area contributed by atoms with Crippen molar-refractivity contribution < 1.29 is 9.18 Å². The SMILES string of the molecule is CCCNc1nnc(SCC(=O)c2ccc(F)cc2)s1. The summed E-state index contributed by atoms with van der Waals surface area (Å²) in [6, 6.07) is 5.56. The first-order valence-corrected chi connectivity index (χ1v) is 7.98. The lowest BCUT2D eigenvalue weighted by molar-refractivity contribution is 0.102. The van der Waals surface area contributed by atoms with Crippen LogP contribution in [0.2, 0.25) is 0 Å². The van der Waals surface area contributed by atoms with Gasteiger partial charge in [0.05, 0.1) is 5.75 Å². The maximum Gasteiger partial charge on any atom is 0.206 e. The normalized spacial score (nSPS) is 10.5. The van der Waals surface area contributed by atoms with E-state index in [9.17, 15) is 9.18 Å². The molecule has 1 aromatic heterocycles. The van der Waals surface area contributed by atoms with E-state index in [0.717, 1.165) is 22.4 Å². The molecule has 106 valence electrons. The van der Waals surface area contributed by atoms with Crippen LogP contribution in [-0.2, 0) is 0 Å². The summed E-state index contributed by atoms with van der Waals surface area (Å²) in [5.41, 5.74) is 0.507. The summed E-state index contributed by atoms with van der Waals surface area (Å²) in [6.07, 6.45) is 1.02. The number of hydrogen-bond donors (Lipinski definition) is 1. The number of nitrogens with zero attached hydrogens (tertiary/aromatic N) is 2. The molecule has 0 aliphatic carbocycles. The first-order chi connectivity index (χ1) is 9.69. The third-order valence-corrected chi connectivity index (χ3v) is 4.44. The number of benzene rings is 1. The molecule has 0 unspecified atom stereocenters. The molecule has 0 saturated carbocycles. The van der Waals surface area contributed by atoms with Crippen molar-refractivity contribution in [3.8, 4) is 0 Å². The number of rotatable bonds is 7. The lowest BCUT2D eigenvalue weighted by Crippen LogP contribution is -2.01. The van der Waals surface area contributed by atoms with Crippen molar-refractivity contribution >= 4 is 34.0 Å². The fourth-order valence-corrected chi connectivity index (χ4v) is 3.09. The van der Waals surface area contributed by atoms with Gasteiger partial charge in [-0.1, -0.05) is 30.0 Å². The molecule has 1 heterocycles. The van der Waals surface area contributed by atoms with E-state index in [1.54, 1.807) is 0 Å². The van der Waals surface area contributed by atoms with Crippen LogP contribution in [0.25, 0.3) is 0 Å². The molecule has 1 aromatic carbocycles. The molecule has 1 N–H and O–H groups in total. The van der Waals surface area contributed by atoms with Crippen LogP contribution in [0.4, 0.5) is 9.52 Å². The second-order valence-corrected chi connectivity index (χ2v) is 6.22. The van der Waals surface area contributed by atoms with E-state index in [1.165, 1.54) is 47.4 Å². The summed E-state index contributed by atoms with van der Waals surface area (Å²) in [5, 5.41) is 11.9. The van der Waals surface area contributed by atoms with Gasteiger partial charge in [-0.2, -0.15) is 0 Å². The number of ketones is 1. The quantitative estimate of drug-likeness (QED) is 0.627. The van der Waals surface area contributed by atoms with E-state index in [-0.39, 0.29) is 17.4 Å². The molecule has 0 aliphatic heterocycles. The van der Waals surface area contributed by atoms with Gasteiger partial charge in [0.1, 0.15) is 5.82 Å². The Kier molecular flexibility index (Phi) is 5.49. The summed E-state index contributed by atoms with van der Waals surface area (Å²) in [7, 11) is 0. The van der Waals surface area contributed by atoms with Gasteiger partial charge in [-0.15, -0.1) is 10.2 Å². The average Bonchev–Trinajstić information content (AvgIpc) is 2.91. The number of thioether (sulfide) groups is 1. The maximum atomic E-state index is 12.8. The van der Waals surface area contributed by atoms with E-state index in [1.807, 2.05) is 0 Å². The Morgan fingerprint density at radius 1 is 1.35 bits per heavy atom. The summed E-state index contributed by atoms with van der Waals surface area (Å²) in [5.74, 6) is -0.119. The van der Waals surface area contributed by atoms with Crippen LogP contribution in [0.1, 0.15) is 23.7 Å². The molecule has 4 nitrogen and oxygen atoms in total. The van der Waals surface area contributed by atoms with E-state index in [4.69, 9.17) is 0 Å². The molecule has 0 amide bonds. The Hall–Kier alpha value is -1.47. The van der Waals surface area contributed by atoms with Gasteiger partial charge in [-0.05, 0) is 30.7 Å². The van der Waals surface area contributed by atoms with Crippen molar-refractivity contribution in [1.29, 1.82) is 0 Å². The molecule has 2 aromatic rings. The van der Waals surface area contributed by atoms with Crippen LogP contribution in [-0.4, -0.2) is 28.3 Å². The van der Waals surface area contributed by atoms with Crippen LogP contribution in [0.5, 0.6) is 0 Å². The van der Waals surface area contributed by atoms with Crippen molar-refractivity contribution in [1.82, 2.24) is 10.2 Å². The molecule has 7 heteroatoms. The number of carbonyl (C=O) groups is 1. The van der Waals surface area contributed by atoms with Gasteiger partial charge in [-0.25, -0.2) is 4.39 Å². The number of carbonyl (C=O) groups excluding carboxylic acids is 1. The molecule has 0 saturated heterocycles. The third kappa shape index (κ3) is 4.28. The van der Waals surface area contributed by atoms with Gasteiger partial charge in [-0.3, -0.25) is 4.79 Å². The van der Waals surface area contributed by atoms with Crippen LogP contribution in [0, 0.1) is 5.82 Å². The van der Waals surface area contributed by atoms with Gasteiger partial charge in [0.25, 0.3) is 0 Å². The molecule has 0 fully saturated rings. The monoisotopic (exact) mass is 311 g/mol. The van der Waals surface area contributed by atoms with Crippen molar-refractivity contribution in [2.75, 3.05) is 17.6 Å². The highest BCUT2D eigenvalue weighted by Gasteiger charge is 2.10. The van der Waals surface area contributed by atoms with E-state index in [2.05, 4.69) is 22.4 Å². The van der Waals surface area contributed by atoms with Crippen molar-refractivity contribution in [2.45, 2.75) is 17.7 Å². The number of anilines is 1. The topological polar surface area (TPSA) is 54.9 Å². The molecule has 20 heavy (non-hydrogen) atoms. The molecular formula is C13H14FN3OS2. The molecule has 0 radical (unpaired) electrons. The Morgan fingerprint density at radius 2 is 2.10 bits per heavy atom. The lowest BCUT2D eigenvalue weighted by Gasteiger charge is -1.99. The van der Waals surface area contributed by atoms with Crippen LogP contribution in [0.15, 0.2) is 28.6 Å². The zero-order chi connectivity index (χ0) is 14.4. The van der Waals surface area contributed by atoms with E-state index >= 15 is 0 Å². The van der Waals surface area contributed by atoms with Gasteiger partial charge in [0.2, 0.25) is 5.13 Å². The van der Waals surface area contributed by atoms with Gasteiger partial charge in [0, 0.05) is 12.1 Å². The Labute approximate surface area is 124 Å². The standard InChI is InChI=1S/C13H14FN3OS2/c1-2-7-15-12-16-17-13(20-12)19-8-11(18)9-3-5-10(14)6-4-9/h3-6H,2,7-8H2,1H3,(H,15,16). The third-order valence-electron chi connectivity index (χ3n) is 2.43. The van der Waals surface area contributed by atoms with Gasteiger partial charge in [0.15, 0.2) is 10.1 Å². The smallest absolute Gasteiger partial charge is 0.206 e. The number of nitrogens with one attached hydrogen (secondary N) is 1. The predicted molar refractivity (Wildman–Crippen MR) is 80.1 cm³/mol. The Bertz CT molecular complexity index is 571. The minimum absolute atomic E-state index is 0.0479. The molecular weight excluding hydrogens is 297 g/mol. The lowest BCUT2D eigenvalue weighted by atomic mass is 10.1. The zero-order valence-electron chi connectivity index (χ0n) is 10.9. The maximum absolute atomic E-state index is 12.8. The van der Waals surface area contributed by atoms with E-state index < -0.39 is 0 Å². The highest BCUT2D eigenvalue weighted by atomic mass is 32.2. The first-order valence-electron chi connectivity index (χ1n) is 6.18. The fourth-order valence-electron chi connectivity index (χ4n) is 1.42. The largest absolute Gasteiger partial charge is 0.360 e. The highest BCUT2D eigenvalue weighted by Crippen LogP contribution is 2.26. The number of aromatic nitrogens is 2. The van der Waals surface area contributed by atoms with Gasteiger partial charge < -0.3 is 5.32 Å². The molecule has 0 bridgehead atoms. The second-order valence-electron chi connectivity index (χ2n) is 4.02. The highest BCUT2D eigenvalue weighted by molar-refractivity contribution is 8.01. The minimum atomic E-state index is -0.343. The summed E-state index contributed by atoms with van der Waals surface area (Å²) in [4.78, 5) is 11.9. The summed E-state index contributed by atoms with van der Waals surface area (Å²) < 4.78 is 13.5. The number of hydrogen-bond acceptors (Lipinski definition) is 6. The summed E-state index contributed by atoms with van der Waals surface area (Å²) >= 11 is 2.77. The average molecular weight is 311 g/mol. The second kappa shape index (κ2) is 7.35. The van der Waals surface area contributed by atoms with Crippen LogP contribution in [0.3, 0.4) is 0 Å².